The summed E-state index contributed by atoms with van der Waals surface area (Å²) < 4.78 is 5.26. The summed E-state index contributed by atoms with van der Waals surface area (Å²) in [5, 5.41) is 3.68. The normalized spacial score (nSPS) is 16.1. The molecule has 1 saturated heterocycles. The standard InChI is InChI=1S/C22H19N3O4/c26-19-12-11-18(25(19)22(28)29-14-15-6-2-1-3-7-15)21(27)24-17-10-4-8-16-9-5-13-23-20(16)17/h1-10,13,18H,11-12,14H2,(H,24,27)/t18-/m0/s1. The highest BCUT2D eigenvalue weighted by Crippen LogP contribution is 2.25. The Bertz CT molecular complexity index is 1060. The first-order valence-electron chi connectivity index (χ1n) is 9.31. The van der Waals surface area contributed by atoms with Gasteiger partial charge in [0.2, 0.25) is 11.8 Å². The van der Waals surface area contributed by atoms with Gasteiger partial charge in [0.05, 0.1) is 11.2 Å². The summed E-state index contributed by atoms with van der Waals surface area (Å²) >= 11 is 0. The van der Waals surface area contributed by atoms with Crippen LogP contribution in [0.25, 0.3) is 10.9 Å². The van der Waals surface area contributed by atoms with Crippen LogP contribution in [0.3, 0.4) is 0 Å². The van der Waals surface area contributed by atoms with E-state index in [1.165, 1.54) is 0 Å². The van der Waals surface area contributed by atoms with Gasteiger partial charge in [-0.3, -0.25) is 14.6 Å². The number of pyridine rings is 1. The Kier molecular flexibility index (Phi) is 5.20. The third kappa shape index (κ3) is 3.94. The van der Waals surface area contributed by atoms with Gasteiger partial charge in [0.15, 0.2) is 0 Å². The molecular formula is C22H19N3O4. The molecule has 7 heteroatoms. The van der Waals surface area contributed by atoms with Gasteiger partial charge in [0.25, 0.3) is 0 Å². The van der Waals surface area contributed by atoms with Crippen molar-refractivity contribution in [3.05, 3.63) is 72.4 Å². The highest BCUT2D eigenvalue weighted by Gasteiger charge is 2.41. The number of amides is 3. The number of fused-ring (bicyclic) bond motifs is 1. The molecule has 1 N–H and O–H groups in total. The van der Waals surface area contributed by atoms with Crippen LogP contribution in [0.4, 0.5) is 10.5 Å². The van der Waals surface area contributed by atoms with E-state index in [0.29, 0.717) is 11.2 Å². The predicted molar refractivity (Wildman–Crippen MR) is 107 cm³/mol. The van der Waals surface area contributed by atoms with Crippen LogP contribution in [-0.2, 0) is 20.9 Å². The monoisotopic (exact) mass is 389 g/mol. The molecule has 3 amide bonds. The Labute approximate surface area is 167 Å². The lowest BCUT2D eigenvalue weighted by Gasteiger charge is -2.22. The highest BCUT2D eigenvalue weighted by atomic mass is 16.6. The minimum Gasteiger partial charge on any atom is -0.444 e. The molecule has 1 aliphatic rings. The second-order valence-corrected chi connectivity index (χ2v) is 6.73. The molecule has 1 atom stereocenters. The Morgan fingerprint density at radius 3 is 2.69 bits per heavy atom. The summed E-state index contributed by atoms with van der Waals surface area (Å²) in [5.41, 5.74) is 1.98. The minimum atomic E-state index is -0.912. The van der Waals surface area contributed by atoms with Crippen molar-refractivity contribution in [3.63, 3.8) is 0 Å². The SMILES string of the molecule is O=C(Nc1cccc2cccnc12)[C@@H]1CCC(=O)N1C(=O)OCc1ccccc1. The van der Waals surface area contributed by atoms with Gasteiger partial charge in [-0.1, -0.05) is 48.5 Å². The number of ether oxygens (including phenoxy) is 1. The first-order valence-corrected chi connectivity index (χ1v) is 9.31. The lowest BCUT2D eigenvalue weighted by molar-refractivity contribution is -0.131. The summed E-state index contributed by atoms with van der Waals surface area (Å²) in [7, 11) is 0. The van der Waals surface area contributed by atoms with Crippen molar-refractivity contribution in [1.82, 2.24) is 9.88 Å². The Morgan fingerprint density at radius 2 is 1.86 bits per heavy atom. The first kappa shape index (κ1) is 18.6. The van der Waals surface area contributed by atoms with Crippen LogP contribution in [0.1, 0.15) is 18.4 Å². The Hall–Kier alpha value is -3.74. The maximum Gasteiger partial charge on any atom is 0.417 e. The number of para-hydroxylation sites is 1. The van der Waals surface area contributed by atoms with E-state index >= 15 is 0 Å². The molecule has 1 aromatic heterocycles. The van der Waals surface area contributed by atoms with E-state index in [0.717, 1.165) is 15.8 Å². The van der Waals surface area contributed by atoms with Crippen LogP contribution >= 0.6 is 0 Å². The van der Waals surface area contributed by atoms with E-state index in [-0.39, 0.29) is 19.4 Å². The number of benzene rings is 2. The van der Waals surface area contributed by atoms with Crippen molar-refractivity contribution in [2.24, 2.45) is 0 Å². The Morgan fingerprint density at radius 1 is 1.07 bits per heavy atom. The van der Waals surface area contributed by atoms with Crippen LogP contribution in [0.15, 0.2) is 66.9 Å². The zero-order valence-electron chi connectivity index (χ0n) is 15.6. The van der Waals surface area contributed by atoms with E-state index in [4.69, 9.17) is 4.74 Å². The largest absolute Gasteiger partial charge is 0.444 e. The molecule has 29 heavy (non-hydrogen) atoms. The van der Waals surface area contributed by atoms with E-state index in [1.807, 2.05) is 54.6 Å². The molecule has 0 unspecified atom stereocenters. The zero-order chi connectivity index (χ0) is 20.2. The topological polar surface area (TPSA) is 88.6 Å². The van der Waals surface area contributed by atoms with Gasteiger partial charge in [0, 0.05) is 18.0 Å². The van der Waals surface area contributed by atoms with Crippen molar-refractivity contribution in [2.75, 3.05) is 5.32 Å². The van der Waals surface area contributed by atoms with Gasteiger partial charge in [-0.2, -0.15) is 0 Å². The van der Waals surface area contributed by atoms with Crippen LogP contribution in [0.2, 0.25) is 0 Å². The molecule has 1 aliphatic heterocycles. The van der Waals surface area contributed by atoms with Crippen molar-refractivity contribution in [3.8, 4) is 0 Å². The number of carbonyl (C=O) groups is 3. The quantitative estimate of drug-likeness (QED) is 0.738. The number of hydrogen-bond acceptors (Lipinski definition) is 5. The van der Waals surface area contributed by atoms with Gasteiger partial charge in [-0.25, -0.2) is 9.69 Å². The molecule has 0 saturated carbocycles. The third-order valence-electron chi connectivity index (χ3n) is 4.81. The number of anilines is 1. The van der Waals surface area contributed by atoms with E-state index < -0.39 is 23.9 Å². The first-order chi connectivity index (χ1) is 14.1. The average molecular weight is 389 g/mol. The lowest BCUT2D eigenvalue weighted by Crippen LogP contribution is -2.45. The number of aromatic nitrogens is 1. The molecular weight excluding hydrogens is 370 g/mol. The molecule has 0 radical (unpaired) electrons. The second kappa shape index (κ2) is 8.10. The second-order valence-electron chi connectivity index (χ2n) is 6.73. The number of nitrogens with zero attached hydrogens (tertiary/aromatic N) is 2. The third-order valence-corrected chi connectivity index (χ3v) is 4.81. The van der Waals surface area contributed by atoms with Gasteiger partial charge in [0.1, 0.15) is 12.6 Å². The molecule has 0 aliphatic carbocycles. The number of likely N-dealkylation sites (tertiary alicyclic amines) is 1. The lowest BCUT2D eigenvalue weighted by atomic mass is 10.1. The highest BCUT2D eigenvalue weighted by molar-refractivity contribution is 6.07. The maximum absolute atomic E-state index is 12.9. The van der Waals surface area contributed by atoms with Gasteiger partial charge in [-0.15, -0.1) is 0 Å². The van der Waals surface area contributed by atoms with Gasteiger partial charge < -0.3 is 10.1 Å². The molecule has 146 valence electrons. The number of rotatable bonds is 4. The molecule has 3 aromatic rings. The molecule has 0 spiro atoms. The van der Waals surface area contributed by atoms with E-state index in [9.17, 15) is 14.4 Å². The molecule has 0 bridgehead atoms. The summed E-state index contributed by atoms with van der Waals surface area (Å²) in [5.74, 6) is -0.857. The zero-order valence-corrected chi connectivity index (χ0v) is 15.6. The molecule has 4 rings (SSSR count). The number of nitrogens with one attached hydrogen (secondary N) is 1. The number of carbonyl (C=O) groups excluding carboxylic acids is 3. The van der Waals surface area contributed by atoms with Crippen molar-refractivity contribution in [1.29, 1.82) is 0 Å². The smallest absolute Gasteiger partial charge is 0.417 e. The number of imide groups is 1. The van der Waals surface area contributed by atoms with Crippen LogP contribution in [0.5, 0.6) is 0 Å². The van der Waals surface area contributed by atoms with Crippen LogP contribution < -0.4 is 5.32 Å². The fourth-order valence-electron chi connectivity index (χ4n) is 3.37. The van der Waals surface area contributed by atoms with Crippen molar-refractivity contribution in [2.45, 2.75) is 25.5 Å². The van der Waals surface area contributed by atoms with Crippen LogP contribution in [0, 0.1) is 0 Å². The van der Waals surface area contributed by atoms with E-state index in [1.54, 1.807) is 12.3 Å². The van der Waals surface area contributed by atoms with Gasteiger partial charge >= 0.3 is 6.09 Å². The number of hydrogen-bond donors (Lipinski definition) is 1. The fourth-order valence-corrected chi connectivity index (χ4v) is 3.37. The summed E-state index contributed by atoms with van der Waals surface area (Å²) in [4.78, 5) is 42.8. The van der Waals surface area contributed by atoms with E-state index in [2.05, 4.69) is 10.3 Å². The van der Waals surface area contributed by atoms with Crippen molar-refractivity contribution < 1.29 is 19.1 Å². The van der Waals surface area contributed by atoms with Crippen LogP contribution in [-0.4, -0.2) is 33.8 Å². The molecule has 2 aromatic carbocycles. The predicted octanol–water partition coefficient (Wildman–Crippen LogP) is 3.50. The summed E-state index contributed by atoms with van der Waals surface area (Å²) in [6.45, 7) is 0.0328. The molecule has 2 heterocycles. The summed E-state index contributed by atoms with van der Waals surface area (Å²) in [6.07, 6.45) is 1.20. The van der Waals surface area contributed by atoms with Crippen molar-refractivity contribution >= 4 is 34.5 Å². The fraction of sp³-hybridized carbons (Fsp3) is 0.182. The Balaban J connectivity index is 1.48. The molecule has 7 nitrogen and oxygen atoms in total. The summed E-state index contributed by atoms with van der Waals surface area (Å²) in [6, 6.07) is 17.4. The average Bonchev–Trinajstić information content (AvgIpc) is 3.15. The molecule has 1 fully saturated rings. The van der Waals surface area contributed by atoms with Gasteiger partial charge in [-0.05, 0) is 24.1 Å². The maximum atomic E-state index is 12.9. The minimum absolute atomic E-state index is 0.0328.